The molecule has 0 radical (unpaired) electrons. The standard InChI is InChI=1S/C16H25NO/c1-3-10-17-12(2)16(18)15-9-8-13-6-4-5-7-14(13)11-15/h8-9,11-12,16-18H,3-7,10H2,1-2H3. The minimum absolute atomic E-state index is 0.117. The van der Waals surface area contributed by atoms with Gasteiger partial charge < -0.3 is 10.4 Å². The molecule has 2 N–H and O–H groups in total. The fourth-order valence-corrected chi connectivity index (χ4v) is 2.71. The van der Waals surface area contributed by atoms with E-state index in [2.05, 4.69) is 37.4 Å². The second-order valence-corrected chi connectivity index (χ2v) is 5.42. The minimum atomic E-state index is -0.399. The molecule has 1 aromatic carbocycles. The van der Waals surface area contributed by atoms with Crippen LogP contribution < -0.4 is 5.32 Å². The van der Waals surface area contributed by atoms with E-state index in [0.29, 0.717) is 0 Å². The molecule has 0 heterocycles. The normalized spacial score (nSPS) is 18.2. The smallest absolute Gasteiger partial charge is 0.0940 e. The second-order valence-electron chi connectivity index (χ2n) is 5.42. The summed E-state index contributed by atoms with van der Waals surface area (Å²) in [6, 6.07) is 6.63. The molecule has 0 aromatic heterocycles. The van der Waals surface area contributed by atoms with Crippen molar-refractivity contribution < 1.29 is 5.11 Å². The Morgan fingerprint density at radius 2 is 1.94 bits per heavy atom. The van der Waals surface area contributed by atoms with Crippen LogP contribution in [-0.4, -0.2) is 17.7 Å². The van der Waals surface area contributed by atoms with Crippen LogP contribution in [0, 0.1) is 0 Å². The third-order valence-corrected chi connectivity index (χ3v) is 3.90. The Morgan fingerprint density at radius 3 is 2.67 bits per heavy atom. The van der Waals surface area contributed by atoms with Crippen LogP contribution in [-0.2, 0) is 12.8 Å². The number of hydrogen-bond donors (Lipinski definition) is 2. The summed E-state index contributed by atoms with van der Waals surface area (Å²) in [5, 5.41) is 13.7. The molecule has 1 aliphatic carbocycles. The van der Waals surface area contributed by atoms with Crippen LogP contribution in [0.25, 0.3) is 0 Å². The molecule has 2 rings (SSSR count). The quantitative estimate of drug-likeness (QED) is 0.838. The third kappa shape index (κ3) is 3.12. The van der Waals surface area contributed by atoms with Gasteiger partial charge in [-0.2, -0.15) is 0 Å². The molecule has 0 amide bonds. The maximum absolute atomic E-state index is 10.4. The molecule has 1 aromatic rings. The Hall–Kier alpha value is -0.860. The molecule has 0 spiro atoms. The van der Waals surface area contributed by atoms with Gasteiger partial charge in [-0.1, -0.05) is 25.1 Å². The number of hydrogen-bond acceptors (Lipinski definition) is 2. The first-order valence-corrected chi connectivity index (χ1v) is 7.25. The number of nitrogens with one attached hydrogen (secondary N) is 1. The molecule has 2 nitrogen and oxygen atoms in total. The summed E-state index contributed by atoms with van der Waals surface area (Å²) < 4.78 is 0. The molecule has 0 aliphatic heterocycles. The summed E-state index contributed by atoms with van der Waals surface area (Å²) in [6.07, 6.45) is 5.67. The summed E-state index contributed by atoms with van der Waals surface area (Å²) >= 11 is 0. The zero-order valence-electron chi connectivity index (χ0n) is 11.6. The van der Waals surface area contributed by atoms with Crippen molar-refractivity contribution in [3.8, 4) is 0 Å². The van der Waals surface area contributed by atoms with Crippen molar-refractivity contribution in [2.24, 2.45) is 0 Å². The Labute approximate surface area is 110 Å². The van der Waals surface area contributed by atoms with Gasteiger partial charge in [-0.3, -0.25) is 0 Å². The van der Waals surface area contributed by atoms with Gasteiger partial charge in [-0.15, -0.1) is 0 Å². The monoisotopic (exact) mass is 247 g/mol. The lowest BCUT2D eigenvalue weighted by Gasteiger charge is -2.23. The molecule has 100 valence electrons. The van der Waals surface area contributed by atoms with Gasteiger partial charge in [-0.25, -0.2) is 0 Å². The Balaban J connectivity index is 2.08. The fraction of sp³-hybridized carbons (Fsp3) is 0.625. The number of rotatable bonds is 5. The predicted molar refractivity (Wildman–Crippen MR) is 75.8 cm³/mol. The first-order valence-electron chi connectivity index (χ1n) is 7.25. The van der Waals surface area contributed by atoms with Gasteiger partial charge in [0.2, 0.25) is 0 Å². The Kier molecular flexibility index (Phi) is 4.79. The minimum Gasteiger partial charge on any atom is -0.387 e. The summed E-state index contributed by atoms with van der Waals surface area (Å²) in [5.74, 6) is 0. The lowest BCUT2D eigenvalue weighted by atomic mass is 9.89. The molecule has 1 aliphatic rings. The highest BCUT2D eigenvalue weighted by Crippen LogP contribution is 2.26. The van der Waals surface area contributed by atoms with Gasteiger partial charge >= 0.3 is 0 Å². The van der Waals surface area contributed by atoms with Crippen molar-refractivity contribution in [2.45, 2.75) is 58.1 Å². The number of fused-ring (bicyclic) bond motifs is 1. The lowest BCUT2D eigenvalue weighted by molar-refractivity contribution is 0.136. The second kappa shape index (κ2) is 6.35. The average molecular weight is 247 g/mol. The number of benzene rings is 1. The van der Waals surface area contributed by atoms with E-state index in [-0.39, 0.29) is 6.04 Å². The van der Waals surface area contributed by atoms with E-state index in [1.54, 1.807) is 0 Å². The van der Waals surface area contributed by atoms with Gasteiger partial charge in [-0.05, 0) is 62.3 Å². The predicted octanol–water partition coefficient (Wildman–Crippen LogP) is 2.99. The number of aliphatic hydroxyl groups excluding tert-OH is 1. The first kappa shape index (κ1) is 13.6. The molecule has 0 bridgehead atoms. The highest BCUT2D eigenvalue weighted by atomic mass is 16.3. The van der Waals surface area contributed by atoms with E-state index >= 15 is 0 Å². The highest BCUT2D eigenvalue weighted by Gasteiger charge is 2.17. The summed E-state index contributed by atoms with van der Waals surface area (Å²) in [5.41, 5.74) is 3.98. The maximum atomic E-state index is 10.4. The van der Waals surface area contributed by atoms with Gasteiger partial charge in [0, 0.05) is 6.04 Å². The van der Waals surface area contributed by atoms with E-state index in [1.165, 1.54) is 36.8 Å². The molecule has 18 heavy (non-hydrogen) atoms. The molecule has 0 fully saturated rings. The van der Waals surface area contributed by atoms with Crippen LogP contribution in [0.3, 0.4) is 0 Å². The van der Waals surface area contributed by atoms with Crippen LogP contribution in [0.5, 0.6) is 0 Å². The van der Waals surface area contributed by atoms with Crippen molar-refractivity contribution in [1.82, 2.24) is 5.32 Å². The van der Waals surface area contributed by atoms with Crippen molar-refractivity contribution in [3.63, 3.8) is 0 Å². The SMILES string of the molecule is CCCNC(C)C(O)c1ccc2c(c1)CCCC2. The van der Waals surface area contributed by atoms with Gasteiger partial charge in [0.15, 0.2) is 0 Å². The first-order chi connectivity index (χ1) is 8.72. The van der Waals surface area contributed by atoms with Crippen molar-refractivity contribution in [3.05, 3.63) is 34.9 Å². The summed E-state index contributed by atoms with van der Waals surface area (Å²) in [6.45, 7) is 5.16. The van der Waals surface area contributed by atoms with Crippen LogP contribution in [0.15, 0.2) is 18.2 Å². The molecular formula is C16H25NO. The van der Waals surface area contributed by atoms with Crippen molar-refractivity contribution in [1.29, 1.82) is 0 Å². The zero-order chi connectivity index (χ0) is 13.0. The molecule has 2 unspecified atom stereocenters. The lowest BCUT2D eigenvalue weighted by Crippen LogP contribution is -2.32. The van der Waals surface area contributed by atoms with E-state index in [1.807, 2.05) is 0 Å². The van der Waals surface area contributed by atoms with Crippen LogP contribution in [0.2, 0.25) is 0 Å². The van der Waals surface area contributed by atoms with Crippen molar-refractivity contribution in [2.75, 3.05) is 6.54 Å². The summed E-state index contributed by atoms with van der Waals surface area (Å²) in [7, 11) is 0. The molecule has 2 atom stereocenters. The molecule has 0 saturated carbocycles. The van der Waals surface area contributed by atoms with Crippen molar-refractivity contribution >= 4 is 0 Å². The Morgan fingerprint density at radius 1 is 1.22 bits per heavy atom. The number of aliphatic hydroxyl groups is 1. The molecule has 2 heteroatoms. The molecular weight excluding hydrogens is 222 g/mol. The average Bonchev–Trinajstić information content (AvgIpc) is 2.43. The van der Waals surface area contributed by atoms with E-state index < -0.39 is 6.10 Å². The third-order valence-electron chi connectivity index (χ3n) is 3.90. The highest BCUT2D eigenvalue weighted by molar-refractivity contribution is 5.35. The largest absolute Gasteiger partial charge is 0.387 e. The van der Waals surface area contributed by atoms with E-state index in [9.17, 15) is 5.11 Å². The van der Waals surface area contributed by atoms with Gasteiger partial charge in [0.25, 0.3) is 0 Å². The zero-order valence-corrected chi connectivity index (χ0v) is 11.6. The van der Waals surface area contributed by atoms with Gasteiger partial charge in [0.05, 0.1) is 6.10 Å². The van der Waals surface area contributed by atoms with Gasteiger partial charge in [0.1, 0.15) is 0 Å². The topological polar surface area (TPSA) is 32.3 Å². The molecule has 0 saturated heterocycles. The number of aryl methyl sites for hydroxylation is 2. The summed E-state index contributed by atoms with van der Waals surface area (Å²) in [4.78, 5) is 0. The fourth-order valence-electron chi connectivity index (χ4n) is 2.71. The van der Waals surface area contributed by atoms with E-state index in [4.69, 9.17) is 0 Å². The Bertz CT molecular complexity index is 389. The van der Waals surface area contributed by atoms with Crippen LogP contribution in [0.1, 0.15) is 55.9 Å². The van der Waals surface area contributed by atoms with Crippen LogP contribution in [0.4, 0.5) is 0 Å². The van der Waals surface area contributed by atoms with E-state index in [0.717, 1.165) is 18.5 Å². The van der Waals surface area contributed by atoms with Crippen LogP contribution >= 0.6 is 0 Å². The maximum Gasteiger partial charge on any atom is 0.0940 e.